The Bertz CT molecular complexity index is 640. The predicted molar refractivity (Wildman–Crippen MR) is 78.9 cm³/mol. The number of anilines is 1. The van der Waals surface area contributed by atoms with E-state index in [9.17, 15) is 0 Å². The van der Waals surface area contributed by atoms with Gasteiger partial charge in [-0.05, 0) is 48.6 Å². The third-order valence-corrected chi connectivity index (χ3v) is 5.16. The van der Waals surface area contributed by atoms with Gasteiger partial charge in [-0.2, -0.15) is 9.97 Å². The molecule has 0 aliphatic heterocycles. The number of hydrogen-bond donors (Lipinski definition) is 1. The van der Waals surface area contributed by atoms with Gasteiger partial charge in [-0.1, -0.05) is 6.42 Å². The molecule has 106 valence electrons. The first-order valence-electron chi connectivity index (χ1n) is 7.28. The molecule has 0 radical (unpaired) electrons. The van der Waals surface area contributed by atoms with E-state index >= 15 is 0 Å². The molecule has 0 aromatic carbocycles. The molecule has 2 aliphatic carbocycles. The fourth-order valence-corrected chi connectivity index (χ4v) is 4.27. The summed E-state index contributed by atoms with van der Waals surface area (Å²) in [5.74, 6) is 3.54. The minimum Gasteiger partial charge on any atom is -0.357 e. The molecular weight excluding hydrogens is 274 g/mol. The molecule has 2 saturated carbocycles. The normalized spacial score (nSPS) is 28.4. The quantitative estimate of drug-likeness (QED) is 0.884. The lowest BCUT2D eigenvalue weighted by atomic mass is 9.88. The van der Waals surface area contributed by atoms with Gasteiger partial charge in [-0.3, -0.25) is 0 Å². The van der Waals surface area contributed by atoms with Crippen molar-refractivity contribution in [3.63, 3.8) is 0 Å². The second-order valence-electron chi connectivity index (χ2n) is 6.23. The Morgan fingerprint density at radius 3 is 3.00 bits per heavy atom. The summed E-state index contributed by atoms with van der Waals surface area (Å²) >= 11 is 6.00. The van der Waals surface area contributed by atoms with Crippen molar-refractivity contribution in [2.24, 2.45) is 17.8 Å². The van der Waals surface area contributed by atoms with Gasteiger partial charge in [0.15, 0.2) is 11.5 Å². The van der Waals surface area contributed by atoms with Crippen LogP contribution < -0.4 is 4.90 Å². The van der Waals surface area contributed by atoms with E-state index < -0.39 is 0 Å². The Morgan fingerprint density at radius 1 is 1.35 bits per heavy atom. The Hall–Kier alpha value is -1.36. The van der Waals surface area contributed by atoms with Crippen molar-refractivity contribution in [1.29, 1.82) is 0 Å². The van der Waals surface area contributed by atoms with Gasteiger partial charge in [0.25, 0.3) is 0 Å². The Balaban J connectivity index is 1.60. The number of nitrogens with one attached hydrogen (secondary N) is 1. The minimum absolute atomic E-state index is 0.263. The predicted octanol–water partition coefficient (Wildman–Crippen LogP) is 2.88. The number of aromatic nitrogens is 4. The summed E-state index contributed by atoms with van der Waals surface area (Å²) in [6.07, 6.45) is 7.30. The van der Waals surface area contributed by atoms with Gasteiger partial charge in [0.2, 0.25) is 5.28 Å². The first-order valence-corrected chi connectivity index (χ1v) is 7.66. The van der Waals surface area contributed by atoms with E-state index in [4.69, 9.17) is 11.6 Å². The van der Waals surface area contributed by atoms with E-state index in [0.717, 1.165) is 35.6 Å². The molecule has 6 heteroatoms. The monoisotopic (exact) mass is 291 g/mol. The molecule has 20 heavy (non-hydrogen) atoms. The molecule has 2 fully saturated rings. The molecule has 0 spiro atoms. The zero-order valence-corrected chi connectivity index (χ0v) is 12.3. The SMILES string of the molecule is CN(CC1CC2CCC1C2)c1nc(Cl)nc2nc[nH]c12. The lowest BCUT2D eigenvalue weighted by molar-refractivity contribution is 0.337. The van der Waals surface area contributed by atoms with Gasteiger partial charge < -0.3 is 9.88 Å². The topological polar surface area (TPSA) is 57.7 Å². The van der Waals surface area contributed by atoms with Crippen LogP contribution in [0, 0.1) is 17.8 Å². The average molecular weight is 292 g/mol. The van der Waals surface area contributed by atoms with E-state index in [0.29, 0.717) is 5.65 Å². The molecule has 3 unspecified atom stereocenters. The van der Waals surface area contributed by atoms with Crippen LogP contribution in [0.1, 0.15) is 25.7 Å². The summed E-state index contributed by atoms with van der Waals surface area (Å²) in [5.41, 5.74) is 1.51. The van der Waals surface area contributed by atoms with Gasteiger partial charge in [0, 0.05) is 13.6 Å². The van der Waals surface area contributed by atoms with Crippen LogP contribution in [0.15, 0.2) is 6.33 Å². The standard InChI is InChI=1S/C14H18ClN5/c1-20(6-10-5-8-2-3-9(10)4-8)13-11-12(17-7-16-11)18-14(15)19-13/h7-10H,2-6H2,1H3,(H,16,17,18,19). The van der Waals surface area contributed by atoms with Crippen molar-refractivity contribution in [2.75, 3.05) is 18.5 Å². The van der Waals surface area contributed by atoms with Crippen molar-refractivity contribution in [1.82, 2.24) is 19.9 Å². The first-order chi connectivity index (χ1) is 9.70. The third-order valence-electron chi connectivity index (χ3n) is 4.99. The highest BCUT2D eigenvalue weighted by molar-refractivity contribution is 6.28. The summed E-state index contributed by atoms with van der Waals surface area (Å²) in [6.45, 7) is 1.04. The molecule has 4 rings (SSSR count). The smallest absolute Gasteiger partial charge is 0.226 e. The number of rotatable bonds is 3. The minimum atomic E-state index is 0.263. The van der Waals surface area contributed by atoms with Crippen LogP contribution in [-0.4, -0.2) is 33.5 Å². The highest BCUT2D eigenvalue weighted by Gasteiger charge is 2.39. The number of imidazole rings is 1. The van der Waals surface area contributed by atoms with E-state index in [-0.39, 0.29) is 5.28 Å². The van der Waals surface area contributed by atoms with Gasteiger partial charge >= 0.3 is 0 Å². The number of hydrogen-bond acceptors (Lipinski definition) is 4. The summed E-state index contributed by atoms with van der Waals surface area (Å²) in [4.78, 5) is 18.0. The van der Waals surface area contributed by atoms with Gasteiger partial charge in [-0.15, -0.1) is 0 Å². The lowest BCUT2D eigenvalue weighted by Gasteiger charge is -2.28. The van der Waals surface area contributed by atoms with Crippen LogP contribution in [0.5, 0.6) is 0 Å². The zero-order valence-electron chi connectivity index (χ0n) is 11.5. The van der Waals surface area contributed by atoms with E-state index in [1.807, 2.05) is 0 Å². The number of halogens is 1. The molecule has 2 aromatic rings. The van der Waals surface area contributed by atoms with Gasteiger partial charge in [0.05, 0.1) is 6.33 Å². The largest absolute Gasteiger partial charge is 0.357 e. The molecule has 1 N–H and O–H groups in total. The lowest BCUT2D eigenvalue weighted by Crippen LogP contribution is -2.29. The average Bonchev–Trinajstić information content (AvgIpc) is 3.12. The highest BCUT2D eigenvalue weighted by Crippen LogP contribution is 2.48. The second kappa shape index (κ2) is 4.58. The molecule has 0 amide bonds. The molecule has 0 saturated heterocycles. The Kier molecular flexibility index (Phi) is 2.84. The van der Waals surface area contributed by atoms with Crippen molar-refractivity contribution >= 4 is 28.6 Å². The summed E-state index contributed by atoms with van der Waals surface area (Å²) in [6, 6.07) is 0. The highest BCUT2D eigenvalue weighted by atomic mass is 35.5. The molecule has 5 nitrogen and oxygen atoms in total. The molecule has 2 aliphatic rings. The molecular formula is C14H18ClN5. The molecule has 3 atom stereocenters. The van der Waals surface area contributed by atoms with Crippen LogP contribution in [0.4, 0.5) is 5.82 Å². The third kappa shape index (κ3) is 1.95. The van der Waals surface area contributed by atoms with Crippen molar-refractivity contribution < 1.29 is 0 Å². The fourth-order valence-electron chi connectivity index (χ4n) is 4.11. The number of nitrogens with zero attached hydrogens (tertiary/aromatic N) is 4. The van der Waals surface area contributed by atoms with Crippen LogP contribution in [0.25, 0.3) is 11.2 Å². The van der Waals surface area contributed by atoms with E-state index in [2.05, 4.69) is 31.9 Å². The molecule has 2 heterocycles. The van der Waals surface area contributed by atoms with Crippen molar-refractivity contribution in [2.45, 2.75) is 25.7 Å². The van der Waals surface area contributed by atoms with Crippen LogP contribution in [0.3, 0.4) is 0 Å². The summed E-state index contributed by atoms with van der Waals surface area (Å²) in [7, 11) is 2.09. The number of fused-ring (bicyclic) bond motifs is 3. The van der Waals surface area contributed by atoms with Gasteiger partial charge in [0.1, 0.15) is 5.52 Å². The van der Waals surface area contributed by atoms with E-state index in [1.165, 1.54) is 25.7 Å². The van der Waals surface area contributed by atoms with Gasteiger partial charge in [-0.25, -0.2) is 4.98 Å². The molecule has 2 bridgehead atoms. The maximum Gasteiger partial charge on any atom is 0.226 e. The van der Waals surface area contributed by atoms with E-state index in [1.54, 1.807) is 6.33 Å². The first kappa shape index (κ1) is 12.4. The maximum atomic E-state index is 6.00. The summed E-state index contributed by atoms with van der Waals surface area (Å²) in [5, 5.41) is 0.263. The van der Waals surface area contributed by atoms with Crippen molar-refractivity contribution in [3.8, 4) is 0 Å². The van der Waals surface area contributed by atoms with Crippen LogP contribution in [0.2, 0.25) is 5.28 Å². The maximum absolute atomic E-state index is 6.00. The Morgan fingerprint density at radius 2 is 2.25 bits per heavy atom. The number of aromatic amines is 1. The van der Waals surface area contributed by atoms with Crippen LogP contribution in [-0.2, 0) is 0 Å². The summed E-state index contributed by atoms with van der Waals surface area (Å²) < 4.78 is 0. The Labute approximate surface area is 122 Å². The fraction of sp³-hybridized carbons (Fsp3) is 0.643. The zero-order chi connectivity index (χ0) is 13.7. The van der Waals surface area contributed by atoms with Crippen molar-refractivity contribution in [3.05, 3.63) is 11.6 Å². The second-order valence-corrected chi connectivity index (χ2v) is 6.57. The van der Waals surface area contributed by atoms with Crippen LogP contribution >= 0.6 is 11.6 Å². The number of H-pyrrole nitrogens is 1. The molecule has 2 aromatic heterocycles.